The molecule has 0 aliphatic heterocycles. The van der Waals surface area contributed by atoms with Crippen LogP contribution in [0, 0.1) is 0 Å². The van der Waals surface area contributed by atoms with Gasteiger partial charge in [-0.2, -0.15) is 0 Å². The second-order valence-corrected chi connectivity index (χ2v) is 3.60. The fourth-order valence-electron chi connectivity index (χ4n) is 1.66. The highest BCUT2D eigenvalue weighted by atomic mass is 16.1. The minimum absolute atomic E-state index is 0.170. The van der Waals surface area contributed by atoms with Crippen molar-refractivity contribution in [3.8, 4) is 0 Å². The van der Waals surface area contributed by atoms with Crippen LogP contribution in [0.1, 0.15) is 26.7 Å². The molecule has 0 aliphatic rings. The first kappa shape index (κ1) is 11.9. The molecule has 1 aromatic rings. The van der Waals surface area contributed by atoms with E-state index in [1.165, 1.54) is 6.20 Å². The Bertz CT molecular complexity index is 329. The lowest BCUT2D eigenvalue weighted by Gasteiger charge is -2.17. The van der Waals surface area contributed by atoms with Crippen LogP contribution >= 0.6 is 0 Å². The molecular weight excluding hydrogens is 190 g/mol. The van der Waals surface area contributed by atoms with Crippen LogP contribution in [0.2, 0.25) is 0 Å². The number of aromatic nitrogens is 2. The van der Waals surface area contributed by atoms with Gasteiger partial charge < -0.3 is 5.32 Å². The van der Waals surface area contributed by atoms with E-state index in [1.54, 1.807) is 16.8 Å². The van der Waals surface area contributed by atoms with E-state index in [-0.39, 0.29) is 5.69 Å². The normalized spacial score (nSPS) is 12.7. The highest BCUT2D eigenvalue weighted by molar-refractivity contribution is 4.82. The molecule has 4 nitrogen and oxygen atoms in total. The zero-order valence-corrected chi connectivity index (χ0v) is 9.44. The van der Waals surface area contributed by atoms with Crippen LogP contribution in [0.4, 0.5) is 0 Å². The van der Waals surface area contributed by atoms with E-state index in [2.05, 4.69) is 24.1 Å². The molecule has 1 N–H and O–H groups in total. The summed E-state index contributed by atoms with van der Waals surface area (Å²) in [4.78, 5) is 15.1. The Morgan fingerprint density at radius 3 is 2.93 bits per heavy atom. The molecular formula is C11H19N3O. The molecule has 15 heavy (non-hydrogen) atoms. The molecule has 0 saturated heterocycles. The van der Waals surface area contributed by atoms with Gasteiger partial charge in [-0.15, -0.1) is 0 Å². The van der Waals surface area contributed by atoms with Crippen molar-refractivity contribution in [2.24, 2.45) is 0 Å². The van der Waals surface area contributed by atoms with Crippen LogP contribution in [0.25, 0.3) is 0 Å². The Morgan fingerprint density at radius 2 is 2.33 bits per heavy atom. The maximum absolute atomic E-state index is 11.4. The third kappa shape index (κ3) is 3.83. The van der Waals surface area contributed by atoms with Crippen molar-refractivity contribution in [3.63, 3.8) is 0 Å². The first-order valence-corrected chi connectivity index (χ1v) is 5.52. The van der Waals surface area contributed by atoms with E-state index in [1.807, 2.05) is 0 Å². The Hall–Kier alpha value is -1.16. The number of hydrogen-bond donors (Lipinski definition) is 1. The van der Waals surface area contributed by atoms with Crippen LogP contribution in [-0.2, 0) is 6.54 Å². The van der Waals surface area contributed by atoms with Gasteiger partial charge in [-0.25, -0.2) is 9.78 Å². The number of nitrogens with zero attached hydrogens (tertiary/aromatic N) is 2. The lowest BCUT2D eigenvalue weighted by atomic mass is 10.1. The van der Waals surface area contributed by atoms with Gasteiger partial charge in [0.15, 0.2) is 0 Å². The molecule has 0 radical (unpaired) electrons. The number of hydrogen-bond acceptors (Lipinski definition) is 3. The van der Waals surface area contributed by atoms with Crippen molar-refractivity contribution in [1.82, 2.24) is 14.9 Å². The van der Waals surface area contributed by atoms with Crippen LogP contribution in [0.5, 0.6) is 0 Å². The van der Waals surface area contributed by atoms with E-state index >= 15 is 0 Å². The monoisotopic (exact) mass is 209 g/mol. The molecule has 0 aromatic carbocycles. The Kier molecular flexibility index (Phi) is 5.04. The average molecular weight is 209 g/mol. The van der Waals surface area contributed by atoms with E-state index < -0.39 is 0 Å². The first-order valence-electron chi connectivity index (χ1n) is 5.52. The molecule has 84 valence electrons. The molecule has 1 aromatic heterocycles. The lowest BCUT2D eigenvalue weighted by molar-refractivity contribution is 0.420. The minimum atomic E-state index is -0.170. The number of nitrogens with one attached hydrogen (secondary N) is 1. The molecule has 1 unspecified atom stereocenters. The fraction of sp³-hybridized carbons (Fsp3) is 0.636. The van der Waals surface area contributed by atoms with Crippen LogP contribution in [0.15, 0.2) is 23.3 Å². The quantitative estimate of drug-likeness (QED) is 0.761. The number of likely N-dealkylation sites (N-methyl/N-ethyl adjacent to an activating group) is 1. The predicted molar refractivity (Wildman–Crippen MR) is 60.9 cm³/mol. The maximum atomic E-state index is 11.4. The summed E-state index contributed by atoms with van der Waals surface area (Å²) in [7, 11) is 0. The van der Waals surface area contributed by atoms with Gasteiger partial charge in [-0.05, 0) is 19.0 Å². The van der Waals surface area contributed by atoms with Crippen molar-refractivity contribution in [3.05, 3.63) is 28.9 Å². The molecule has 0 fully saturated rings. The summed E-state index contributed by atoms with van der Waals surface area (Å²) >= 11 is 0. The summed E-state index contributed by atoms with van der Waals surface area (Å²) in [6.07, 6.45) is 5.51. The van der Waals surface area contributed by atoms with Gasteiger partial charge >= 0.3 is 5.69 Å². The molecule has 0 amide bonds. The Labute approximate surface area is 90.3 Å². The van der Waals surface area contributed by atoms with Gasteiger partial charge in [0, 0.05) is 25.0 Å². The SMILES string of the molecule is CCCC(Cn1cccnc1=O)NCC. The van der Waals surface area contributed by atoms with Gasteiger partial charge in [0.25, 0.3) is 0 Å². The summed E-state index contributed by atoms with van der Waals surface area (Å²) in [6.45, 7) is 5.86. The third-order valence-corrected chi connectivity index (χ3v) is 2.33. The Balaban J connectivity index is 2.65. The highest BCUT2D eigenvalue weighted by Gasteiger charge is 2.07. The molecule has 4 heteroatoms. The van der Waals surface area contributed by atoms with Crippen molar-refractivity contribution < 1.29 is 0 Å². The molecule has 1 heterocycles. The first-order chi connectivity index (χ1) is 7.27. The van der Waals surface area contributed by atoms with E-state index in [9.17, 15) is 4.79 Å². The fourth-order valence-corrected chi connectivity index (χ4v) is 1.66. The van der Waals surface area contributed by atoms with E-state index in [0.717, 1.165) is 19.4 Å². The minimum Gasteiger partial charge on any atom is -0.312 e. The topological polar surface area (TPSA) is 46.9 Å². The molecule has 0 bridgehead atoms. The summed E-state index contributed by atoms with van der Waals surface area (Å²) in [6, 6.07) is 2.15. The van der Waals surface area contributed by atoms with Gasteiger partial charge in [0.05, 0.1) is 0 Å². The molecule has 0 saturated carbocycles. The molecule has 0 spiro atoms. The van der Waals surface area contributed by atoms with Crippen molar-refractivity contribution in [1.29, 1.82) is 0 Å². The summed E-state index contributed by atoms with van der Waals surface area (Å²) in [5.41, 5.74) is -0.170. The van der Waals surface area contributed by atoms with E-state index in [4.69, 9.17) is 0 Å². The molecule has 1 atom stereocenters. The van der Waals surface area contributed by atoms with Crippen molar-refractivity contribution in [2.75, 3.05) is 6.54 Å². The summed E-state index contributed by atoms with van der Waals surface area (Å²) in [5.74, 6) is 0. The molecule has 0 aliphatic carbocycles. The highest BCUT2D eigenvalue weighted by Crippen LogP contribution is 1.98. The van der Waals surface area contributed by atoms with Crippen molar-refractivity contribution >= 4 is 0 Å². The van der Waals surface area contributed by atoms with Crippen molar-refractivity contribution in [2.45, 2.75) is 39.3 Å². The van der Waals surface area contributed by atoms with Crippen LogP contribution in [-0.4, -0.2) is 22.1 Å². The largest absolute Gasteiger partial charge is 0.347 e. The number of rotatable bonds is 6. The predicted octanol–water partition coefficient (Wildman–Crippen LogP) is 1.02. The average Bonchev–Trinajstić information content (AvgIpc) is 2.22. The zero-order valence-electron chi connectivity index (χ0n) is 9.44. The smallest absolute Gasteiger partial charge is 0.312 e. The van der Waals surface area contributed by atoms with Gasteiger partial charge in [0.2, 0.25) is 0 Å². The second kappa shape index (κ2) is 6.35. The summed E-state index contributed by atoms with van der Waals surface area (Å²) in [5, 5.41) is 3.37. The standard InChI is InChI=1S/C11H19N3O/c1-3-6-10(12-4-2)9-14-8-5-7-13-11(14)15/h5,7-8,10,12H,3-4,6,9H2,1-2H3. The Morgan fingerprint density at radius 1 is 1.53 bits per heavy atom. The maximum Gasteiger partial charge on any atom is 0.347 e. The zero-order chi connectivity index (χ0) is 11.1. The van der Waals surface area contributed by atoms with Crippen LogP contribution < -0.4 is 11.0 Å². The summed E-state index contributed by atoms with van der Waals surface area (Å²) < 4.78 is 1.66. The molecule has 1 rings (SSSR count). The third-order valence-electron chi connectivity index (χ3n) is 2.33. The second-order valence-electron chi connectivity index (χ2n) is 3.60. The van der Waals surface area contributed by atoms with Gasteiger partial charge in [-0.3, -0.25) is 4.57 Å². The van der Waals surface area contributed by atoms with Gasteiger partial charge in [0.1, 0.15) is 0 Å². The van der Waals surface area contributed by atoms with Crippen LogP contribution in [0.3, 0.4) is 0 Å². The van der Waals surface area contributed by atoms with Gasteiger partial charge in [-0.1, -0.05) is 20.3 Å². The van der Waals surface area contributed by atoms with E-state index in [0.29, 0.717) is 12.6 Å². The lowest BCUT2D eigenvalue weighted by Crippen LogP contribution is -2.36.